The third-order valence-electron chi connectivity index (χ3n) is 7.84. The van der Waals surface area contributed by atoms with Gasteiger partial charge in [0.25, 0.3) is 0 Å². The number of Topliss-reactive ketones (excluding diaryl/α,β-unsaturated/α-hetero) is 1. The van der Waals surface area contributed by atoms with Crippen molar-refractivity contribution >= 4 is 23.6 Å². The van der Waals surface area contributed by atoms with Crippen LogP contribution in [0.2, 0.25) is 0 Å². The van der Waals surface area contributed by atoms with Crippen molar-refractivity contribution < 1.29 is 48.0 Å². The zero-order valence-electron chi connectivity index (χ0n) is 27.4. The van der Waals surface area contributed by atoms with E-state index in [1.165, 1.54) is 12.5 Å². The molecule has 0 aliphatic heterocycles. The predicted octanol–water partition coefficient (Wildman–Crippen LogP) is 6.89. The lowest BCUT2D eigenvalue weighted by molar-refractivity contribution is -0.171. The Hall–Kier alpha value is -3.34. The van der Waals surface area contributed by atoms with Gasteiger partial charge in [0.05, 0.1) is 12.5 Å². The zero-order chi connectivity index (χ0) is 34.4. The predicted molar refractivity (Wildman–Crippen MR) is 172 cm³/mol. The van der Waals surface area contributed by atoms with Crippen LogP contribution in [0.15, 0.2) is 36.4 Å². The van der Waals surface area contributed by atoms with E-state index < -0.39 is 48.3 Å². The third-order valence-corrected chi connectivity index (χ3v) is 7.84. The molecule has 3 atom stereocenters. The number of ketones is 1. The van der Waals surface area contributed by atoms with Gasteiger partial charge >= 0.3 is 11.9 Å². The maximum Gasteiger partial charge on any atom is 0.337 e. The molecule has 46 heavy (non-hydrogen) atoms. The Bertz CT molecular complexity index is 1080. The smallest absolute Gasteiger partial charge is 0.337 e. The van der Waals surface area contributed by atoms with E-state index in [4.69, 9.17) is 4.74 Å². The van der Waals surface area contributed by atoms with E-state index in [9.17, 15) is 43.3 Å². The standard InChI is InChI=1S/C35H53F2NO8/c1-3-5-7-10-13-16-27(39)17-14-11-8-9-12-15-18-29(35(45,34(43)44)25-31(36)37)32(40)38-30(33(41)42)24-26-19-21-28(22-20-26)46-23-6-4-2/h15,18-22,29-31,45H,3-14,16-17,23-25H2,1-2H3,(H,38,40)(H,41,42)(H,43,44)/b18-15+/t29-,30+,35+/m1/s1. The van der Waals surface area contributed by atoms with Crippen molar-refractivity contribution in [3.8, 4) is 5.75 Å². The largest absolute Gasteiger partial charge is 0.494 e. The molecule has 11 heteroatoms. The Morgan fingerprint density at radius 2 is 1.46 bits per heavy atom. The van der Waals surface area contributed by atoms with Crippen LogP contribution in [0, 0.1) is 5.92 Å². The number of aliphatic carboxylic acids is 2. The summed E-state index contributed by atoms with van der Waals surface area (Å²) in [5.41, 5.74) is -2.62. The van der Waals surface area contributed by atoms with E-state index in [2.05, 4.69) is 12.2 Å². The van der Waals surface area contributed by atoms with Gasteiger partial charge in [0, 0.05) is 25.7 Å². The molecule has 0 aliphatic carbocycles. The second-order valence-electron chi connectivity index (χ2n) is 11.8. The van der Waals surface area contributed by atoms with Crippen LogP contribution in [0.3, 0.4) is 0 Å². The second kappa shape index (κ2) is 23.1. The molecule has 9 nitrogen and oxygen atoms in total. The summed E-state index contributed by atoms with van der Waals surface area (Å²) in [5.74, 6) is -5.74. The highest BCUT2D eigenvalue weighted by Gasteiger charge is 2.49. The van der Waals surface area contributed by atoms with Crippen LogP contribution in [0.4, 0.5) is 8.78 Å². The molecule has 0 heterocycles. The minimum absolute atomic E-state index is 0.172. The van der Waals surface area contributed by atoms with Gasteiger partial charge in [-0.2, -0.15) is 0 Å². The summed E-state index contributed by atoms with van der Waals surface area (Å²) in [6.07, 6.45) is 9.33. The van der Waals surface area contributed by atoms with E-state index in [0.29, 0.717) is 43.6 Å². The summed E-state index contributed by atoms with van der Waals surface area (Å²) < 4.78 is 32.3. The lowest BCUT2D eigenvalue weighted by Gasteiger charge is -2.30. The number of hydrogen-bond donors (Lipinski definition) is 4. The molecule has 0 fully saturated rings. The van der Waals surface area contributed by atoms with E-state index in [-0.39, 0.29) is 12.2 Å². The summed E-state index contributed by atoms with van der Waals surface area (Å²) in [7, 11) is 0. The van der Waals surface area contributed by atoms with Gasteiger partial charge < -0.3 is 25.4 Å². The van der Waals surface area contributed by atoms with Gasteiger partial charge in [-0.1, -0.05) is 83.1 Å². The van der Waals surface area contributed by atoms with Crippen LogP contribution in [0.25, 0.3) is 0 Å². The Balaban J connectivity index is 2.81. The average molecular weight is 654 g/mol. The maximum absolute atomic E-state index is 13.4. The number of aliphatic hydroxyl groups is 1. The molecule has 0 spiro atoms. The van der Waals surface area contributed by atoms with E-state index in [1.807, 2.05) is 6.92 Å². The molecule has 0 aliphatic rings. The van der Waals surface area contributed by atoms with Crippen molar-refractivity contribution in [1.29, 1.82) is 0 Å². The molecule has 1 rings (SSSR count). The summed E-state index contributed by atoms with van der Waals surface area (Å²) in [5, 5.41) is 32.5. The lowest BCUT2D eigenvalue weighted by Crippen LogP contribution is -2.55. The summed E-state index contributed by atoms with van der Waals surface area (Å²) in [6, 6.07) is 5.08. The molecule has 4 N–H and O–H groups in total. The fourth-order valence-corrected chi connectivity index (χ4v) is 5.02. The molecule has 1 aromatic rings. The highest BCUT2D eigenvalue weighted by atomic mass is 19.3. The molecule has 0 aromatic heterocycles. The average Bonchev–Trinajstić information content (AvgIpc) is 3.00. The highest BCUT2D eigenvalue weighted by molar-refractivity contribution is 5.92. The fourth-order valence-electron chi connectivity index (χ4n) is 5.02. The van der Waals surface area contributed by atoms with Gasteiger partial charge in [-0.3, -0.25) is 9.59 Å². The number of allylic oxidation sites excluding steroid dienone is 1. The number of rotatable bonds is 27. The molecule has 0 saturated heterocycles. The Morgan fingerprint density at radius 1 is 0.870 bits per heavy atom. The minimum atomic E-state index is -3.24. The maximum atomic E-state index is 13.4. The van der Waals surface area contributed by atoms with Crippen LogP contribution in [-0.2, 0) is 25.6 Å². The minimum Gasteiger partial charge on any atom is -0.494 e. The normalized spacial score (nSPS) is 14.1. The first-order valence-corrected chi connectivity index (χ1v) is 16.6. The zero-order valence-corrected chi connectivity index (χ0v) is 27.4. The van der Waals surface area contributed by atoms with Gasteiger partial charge in [-0.25, -0.2) is 18.4 Å². The summed E-state index contributed by atoms with van der Waals surface area (Å²) >= 11 is 0. The van der Waals surface area contributed by atoms with Crippen molar-refractivity contribution in [2.45, 2.75) is 135 Å². The number of halogens is 2. The number of benzene rings is 1. The van der Waals surface area contributed by atoms with E-state index >= 15 is 0 Å². The molecule has 0 bridgehead atoms. The number of amides is 1. The van der Waals surface area contributed by atoms with Crippen LogP contribution in [0.1, 0.15) is 116 Å². The van der Waals surface area contributed by atoms with Gasteiger partial charge in [0.15, 0.2) is 5.60 Å². The molecule has 260 valence electrons. The first kappa shape index (κ1) is 40.7. The summed E-state index contributed by atoms with van der Waals surface area (Å²) in [4.78, 5) is 49.2. The first-order valence-electron chi connectivity index (χ1n) is 16.6. The number of hydrogen-bond acceptors (Lipinski definition) is 6. The van der Waals surface area contributed by atoms with Crippen LogP contribution < -0.4 is 10.1 Å². The Labute approximate surface area is 271 Å². The third kappa shape index (κ3) is 16.3. The van der Waals surface area contributed by atoms with E-state index in [0.717, 1.165) is 63.9 Å². The quantitative estimate of drug-likeness (QED) is 0.0592. The molecule has 0 saturated carbocycles. The molecule has 1 amide bonds. The molecule has 0 unspecified atom stereocenters. The number of alkyl halides is 2. The Morgan fingerprint density at radius 3 is 2.00 bits per heavy atom. The lowest BCUT2D eigenvalue weighted by atomic mass is 9.83. The topological polar surface area (TPSA) is 150 Å². The number of unbranched alkanes of at least 4 members (excludes halogenated alkanes) is 9. The number of carbonyl (C=O) groups is 4. The van der Waals surface area contributed by atoms with Crippen molar-refractivity contribution in [3.63, 3.8) is 0 Å². The van der Waals surface area contributed by atoms with Crippen molar-refractivity contribution in [2.75, 3.05) is 6.61 Å². The van der Waals surface area contributed by atoms with Gasteiger partial charge in [0.2, 0.25) is 12.3 Å². The molecule has 0 radical (unpaired) electrons. The van der Waals surface area contributed by atoms with Gasteiger partial charge in [0.1, 0.15) is 17.6 Å². The van der Waals surface area contributed by atoms with Gasteiger partial charge in [-0.05, 0) is 49.8 Å². The molecule has 1 aromatic carbocycles. The van der Waals surface area contributed by atoms with Crippen LogP contribution in [0.5, 0.6) is 5.75 Å². The first-order chi connectivity index (χ1) is 21.9. The number of carboxylic acid groups (broad SMARTS) is 2. The summed E-state index contributed by atoms with van der Waals surface area (Å²) in [6.45, 7) is 4.71. The SMILES string of the molecule is CCCCCCCC(=O)CCCCCC/C=C/[C@H](C(=O)N[C@@H](Cc1ccc(OCCCC)cc1)C(=O)O)[C@@](O)(CC(F)F)C(=O)O. The Kier molecular flexibility index (Phi) is 20.4. The monoisotopic (exact) mass is 653 g/mol. The number of carboxylic acids is 2. The van der Waals surface area contributed by atoms with Gasteiger partial charge in [-0.15, -0.1) is 0 Å². The molecular formula is C35H53F2NO8. The van der Waals surface area contributed by atoms with E-state index in [1.54, 1.807) is 24.3 Å². The van der Waals surface area contributed by atoms with Crippen molar-refractivity contribution in [3.05, 3.63) is 42.0 Å². The van der Waals surface area contributed by atoms with Crippen molar-refractivity contribution in [1.82, 2.24) is 5.32 Å². The second-order valence-corrected chi connectivity index (χ2v) is 11.8. The fraction of sp³-hybridized carbons (Fsp3) is 0.657. The van der Waals surface area contributed by atoms with Crippen molar-refractivity contribution in [2.24, 2.45) is 5.92 Å². The van der Waals surface area contributed by atoms with Crippen LogP contribution >= 0.6 is 0 Å². The number of carbonyl (C=O) groups excluding carboxylic acids is 2. The number of ether oxygens (including phenoxy) is 1. The van der Waals surface area contributed by atoms with Crippen LogP contribution in [-0.4, -0.2) is 63.6 Å². The molecular weight excluding hydrogens is 600 g/mol. The highest BCUT2D eigenvalue weighted by Crippen LogP contribution is 2.28. The number of nitrogens with one attached hydrogen (secondary N) is 1.